The summed E-state index contributed by atoms with van der Waals surface area (Å²) in [6.45, 7) is 8.19. The molecule has 23 heavy (non-hydrogen) atoms. The minimum absolute atomic E-state index is 0.000914. The molecule has 1 fully saturated rings. The van der Waals surface area contributed by atoms with Crippen molar-refractivity contribution in [3.05, 3.63) is 35.9 Å². The van der Waals surface area contributed by atoms with Gasteiger partial charge in [-0.3, -0.25) is 4.79 Å². The maximum Gasteiger partial charge on any atom is 0.308 e. The predicted octanol–water partition coefficient (Wildman–Crippen LogP) is 4.84. The van der Waals surface area contributed by atoms with Crippen molar-refractivity contribution in [3.8, 4) is 0 Å². The Morgan fingerprint density at radius 1 is 1.13 bits per heavy atom. The fraction of sp³-hybridized carbons (Fsp3) is 0.650. The van der Waals surface area contributed by atoms with Gasteiger partial charge in [-0.15, -0.1) is 0 Å². The molecule has 1 aliphatic carbocycles. The van der Waals surface area contributed by atoms with E-state index in [2.05, 4.69) is 26.0 Å². The van der Waals surface area contributed by atoms with Crippen LogP contribution in [0, 0.1) is 5.92 Å². The van der Waals surface area contributed by atoms with Gasteiger partial charge in [-0.05, 0) is 51.5 Å². The Balaban J connectivity index is 1.82. The molecule has 0 amide bonds. The van der Waals surface area contributed by atoms with Crippen LogP contribution >= 0.6 is 0 Å². The van der Waals surface area contributed by atoms with Crippen LogP contribution in [0.1, 0.15) is 65.4 Å². The quantitative estimate of drug-likeness (QED) is 0.704. The van der Waals surface area contributed by atoms with E-state index in [1.165, 1.54) is 5.56 Å². The second-order valence-corrected chi connectivity index (χ2v) is 7.14. The van der Waals surface area contributed by atoms with Crippen LogP contribution in [0.25, 0.3) is 0 Å². The third-order valence-corrected chi connectivity index (χ3v) is 4.85. The summed E-state index contributed by atoms with van der Waals surface area (Å²) in [7, 11) is 0. The second-order valence-electron chi connectivity index (χ2n) is 7.14. The first-order valence-electron chi connectivity index (χ1n) is 8.86. The molecule has 0 N–H and O–H groups in total. The summed E-state index contributed by atoms with van der Waals surface area (Å²) < 4.78 is 12.0. The topological polar surface area (TPSA) is 35.5 Å². The van der Waals surface area contributed by atoms with E-state index in [1.54, 1.807) is 0 Å². The molecule has 0 heterocycles. The highest BCUT2D eigenvalue weighted by Gasteiger charge is 2.30. The zero-order valence-corrected chi connectivity index (χ0v) is 14.9. The van der Waals surface area contributed by atoms with Gasteiger partial charge in [0, 0.05) is 0 Å². The van der Waals surface area contributed by atoms with Gasteiger partial charge >= 0.3 is 5.97 Å². The molecular weight excluding hydrogens is 288 g/mol. The van der Waals surface area contributed by atoms with E-state index in [0.29, 0.717) is 0 Å². The fourth-order valence-corrected chi connectivity index (χ4v) is 3.04. The maximum absolute atomic E-state index is 11.9. The molecule has 1 aromatic carbocycles. The lowest BCUT2D eigenvalue weighted by molar-refractivity contribution is -0.159. The van der Waals surface area contributed by atoms with Crippen LogP contribution in [0.3, 0.4) is 0 Å². The van der Waals surface area contributed by atoms with E-state index in [-0.39, 0.29) is 29.7 Å². The highest BCUT2D eigenvalue weighted by Crippen LogP contribution is 2.32. The minimum Gasteiger partial charge on any atom is -0.462 e. The Labute approximate surface area is 140 Å². The maximum atomic E-state index is 11.9. The molecule has 0 aliphatic heterocycles. The Hall–Kier alpha value is -1.35. The van der Waals surface area contributed by atoms with Crippen molar-refractivity contribution in [2.45, 2.75) is 77.6 Å². The van der Waals surface area contributed by atoms with E-state index >= 15 is 0 Å². The van der Waals surface area contributed by atoms with Gasteiger partial charge in [-0.2, -0.15) is 0 Å². The summed E-state index contributed by atoms with van der Waals surface area (Å²) in [5.74, 6) is -0.0533. The highest BCUT2D eigenvalue weighted by molar-refractivity contribution is 5.72. The average Bonchev–Trinajstić information content (AvgIpc) is 2.56. The largest absolute Gasteiger partial charge is 0.462 e. The number of carbonyl (C=O) groups excluding carboxylic acids is 1. The monoisotopic (exact) mass is 318 g/mol. The Bertz CT molecular complexity index is 487. The Morgan fingerprint density at radius 3 is 2.26 bits per heavy atom. The molecule has 0 radical (unpaired) electrons. The molecule has 0 bridgehead atoms. The lowest BCUT2D eigenvalue weighted by Gasteiger charge is -2.35. The summed E-state index contributed by atoms with van der Waals surface area (Å²) in [4.78, 5) is 11.9. The van der Waals surface area contributed by atoms with E-state index in [1.807, 2.05) is 32.0 Å². The van der Waals surface area contributed by atoms with Gasteiger partial charge < -0.3 is 9.47 Å². The molecule has 1 aliphatic rings. The zero-order chi connectivity index (χ0) is 16.9. The van der Waals surface area contributed by atoms with Crippen molar-refractivity contribution >= 4 is 5.97 Å². The summed E-state index contributed by atoms with van der Waals surface area (Å²) in [5, 5.41) is 0. The summed E-state index contributed by atoms with van der Waals surface area (Å²) in [6.07, 6.45) is 4.85. The average molecular weight is 318 g/mol. The van der Waals surface area contributed by atoms with Crippen LogP contribution in [0.4, 0.5) is 0 Å². The molecule has 1 saturated carbocycles. The van der Waals surface area contributed by atoms with Crippen LogP contribution in [0.5, 0.6) is 0 Å². The van der Waals surface area contributed by atoms with Crippen LogP contribution in [0.15, 0.2) is 30.3 Å². The van der Waals surface area contributed by atoms with Gasteiger partial charge in [-0.25, -0.2) is 0 Å². The van der Waals surface area contributed by atoms with Crippen molar-refractivity contribution in [2.75, 3.05) is 0 Å². The summed E-state index contributed by atoms with van der Waals surface area (Å²) in [6, 6.07) is 10.3. The lowest BCUT2D eigenvalue weighted by Crippen LogP contribution is -2.34. The molecule has 1 atom stereocenters. The van der Waals surface area contributed by atoms with Crippen molar-refractivity contribution in [1.29, 1.82) is 0 Å². The number of esters is 1. The van der Waals surface area contributed by atoms with E-state index in [4.69, 9.17) is 9.47 Å². The van der Waals surface area contributed by atoms with E-state index in [0.717, 1.165) is 32.1 Å². The number of hydrogen-bond donors (Lipinski definition) is 0. The first-order chi connectivity index (χ1) is 10.9. The van der Waals surface area contributed by atoms with Gasteiger partial charge in [0.15, 0.2) is 0 Å². The first-order valence-corrected chi connectivity index (χ1v) is 8.86. The van der Waals surface area contributed by atoms with Crippen LogP contribution in [0.2, 0.25) is 0 Å². The van der Waals surface area contributed by atoms with Gasteiger partial charge in [0.1, 0.15) is 6.10 Å². The van der Waals surface area contributed by atoms with Gasteiger partial charge in [0.05, 0.1) is 17.6 Å². The number of rotatable bonds is 6. The van der Waals surface area contributed by atoms with Gasteiger partial charge in [0.25, 0.3) is 0 Å². The van der Waals surface area contributed by atoms with Gasteiger partial charge in [0.2, 0.25) is 0 Å². The molecule has 1 aromatic rings. The van der Waals surface area contributed by atoms with Crippen molar-refractivity contribution in [1.82, 2.24) is 0 Å². The summed E-state index contributed by atoms with van der Waals surface area (Å²) in [5.41, 5.74) is 0.914. The SMILES string of the molecule is CCC(C)C(=O)OC1CCC(OC(C)(C)c2ccccc2)CC1. The van der Waals surface area contributed by atoms with Crippen molar-refractivity contribution < 1.29 is 14.3 Å². The molecule has 0 aromatic heterocycles. The third-order valence-electron chi connectivity index (χ3n) is 4.85. The number of benzene rings is 1. The van der Waals surface area contributed by atoms with Crippen LogP contribution in [-0.4, -0.2) is 18.2 Å². The number of carbonyl (C=O) groups is 1. The number of ether oxygens (including phenoxy) is 2. The van der Waals surface area contributed by atoms with Crippen LogP contribution in [-0.2, 0) is 19.9 Å². The molecule has 3 heteroatoms. The Kier molecular flexibility index (Phi) is 6.23. The first kappa shape index (κ1) is 18.0. The van der Waals surface area contributed by atoms with Crippen molar-refractivity contribution in [2.24, 2.45) is 5.92 Å². The molecule has 1 unspecified atom stereocenters. The Morgan fingerprint density at radius 2 is 1.70 bits per heavy atom. The van der Waals surface area contributed by atoms with Gasteiger partial charge in [-0.1, -0.05) is 44.2 Å². The predicted molar refractivity (Wildman–Crippen MR) is 92.1 cm³/mol. The van der Waals surface area contributed by atoms with E-state index in [9.17, 15) is 4.79 Å². The molecule has 0 spiro atoms. The normalized spacial score (nSPS) is 23.3. The fourth-order valence-electron chi connectivity index (χ4n) is 3.04. The minimum atomic E-state index is -0.286. The third kappa shape index (κ3) is 5.07. The summed E-state index contributed by atoms with van der Waals surface area (Å²) >= 11 is 0. The molecule has 2 rings (SSSR count). The molecule has 0 saturated heterocycles. The van der Waals surface area contributed by atoms with Crippen LogP contribution < -0.4 is 0 Å². The highest BCUT2D eigenvalue weighted by atomic mass is 16.5. The smallest absolute Gasteiger partial charge is 0.308 e. The standard InChI is InChI=1S/C20H30O3/c1-5-15(2)19(21)22-17-11-13-18(14-12-17)23-20(3,4)16-9-7-6-8-10-16/h6-10,15,17-18H,5,11-14H2,1-4H3. The molecule has 3 nitrogen and oxygen atoms in total. The van der Waals surface area contributed by atoms with E-state index < -0.39 is 0 Å². The number of hydrogen-bond acceptors (Lipinski definition) is 3. The lowest BCUT2D eigenvalue weighted by atomic mass is 9.92. The second kappa shape index (κ2) is 7.96. The molecule has 128 valence electrons. The van der Waals surface area contributed by atoms with Crippen molar-refractivity contribution in [3.63, 3.8) is 0 Å². The zero-order valence-electron chi connectivity index (χ0n) is 14.9. The molecular formula is C20H30O3.